The lowest BCUT2D eigenvalue weighted by Gasteiger charge is -2.04. The Morgan fingerprint density at radius 1 is 1.53 bits per heavy atom. The van der Waals surface area contributed by atoms with Crippen LogP contribution in [0.25, 0.3) is 11.2 Å². The first-order valence-corrected chi connectivity index (χ1v) is 6.50. The molecule has 6 heteroatoms. The third-order valence-electron chi connectivity index (χ3n) is 2.23. The Kier molecular flexibility index (Phi) is 3.63. The van der Waals surface area contributed by atoms with Crippen molar-refractivity contribution in [3.8, 4) is 0 Å². The number of rotatable bonds is 5. The zero-order chi connectivity index (χ0) is 12.3. The van der Waals surface area contributed by atoms with Gasteiger partial charge in [0.2, 0.25) is 0 Å². The van der Waals surface area contributed by atoms with E-state index < -0.39 is 0 Å². The third-order valence-corrected chi connectivity index (χ3v) is 2.78. The van der Waals surface area contributed by atoms with E-state index in [-0.39, 0.29) is 0 Å². The smallest absolute Gasteiger partial charge is 0.191 e. The van der Waals surface area contributed by atoms with Gasteiger partial charge in [0.05, 0.1) is 6.33 Å². The van der Waals surface area contributed by atoms with Gasteiger partial charge in [-0.1, -0.05) is 17.3 Å². The topological polar surface area (TPSA) is 68.6 Å². The van der Waals surface area contributed by atoms with Gasteiger partial charge >= 0.3 is 0 Å². The van der Waals surface area contributed by atoms with E-state index in [1.54, 1.807) is 6.33 Å². The van der Waals surface area contributed by atoms with Crippen molar-refractivity contribution >= 4 is 28.7 Å². The molecule has 2 aromatic heterocycles. The number of H-pyrrole nitrogens is 1. The fourth-order valence-electron chi connectivity index (χ4n) is 1.36. The van der Waals surface area contributed by atoms with Crippen LogP contribution in [0.4, 0.5) is 5.82 Å². The molecule has 0 aliphatic rings. The molecule has 1 N–H and O–H groups in total. The second kappa shape index (κ2) is 5.18. The number of hydrogen-bond donors (Lipinski definition) is 1. The summed E-state index contributed by atoms with van der Waals surface area (Å²) >= 11 is 1.49. The number of thioether (sulfide) groups is 1. The molecule has 0 fully saturated rings. The second-order valence-electron chi connectivity index (χ2n) is 3.72. The number of fused-ring (bicyclic) bond motifs is 1. The van der Waals surface area contributed by atoms with E-state index in [1.807, 2.05) is 13.2 Å². The molecule has 0 saturated heterocycles. The standard InChI is InChI=1S/C11H14N5S/c1-7(2)4-5-12-9-8-10(14-6-13-8)16-11(15-9)17-3/h6H,1,4-5H2,2-3H3,(H,13,14,15,16). The summed E-state index contributed by atoms with van der Waals surface area (Å²) in [6.45, 7) is 6.54. The van der Waals surface area contributed by atoms with Crippen molar-refractivity contribution < 1.29 is 0 Å². The van der Waals surface area contributed by atoms with Crippen LogP contribution in [0.1, 0.15) is 13.3 Å². The lowest BCUT2D eigenvalue weighted by atomic mass is 10.2. The van der Waals surface area contributed by atoms with Gasteiger partial charge in [0.1, 0.15) is 5.52 Å². The Morgan fingerprint density at radius 3 is 3.06 bits per heavy atom. The van der Waals surface area contributed by atoms with Crippen LogP contribution in [0, 0.1) is 0 Å². The van der Waals surface area contributed by atoms with E-state index in [9.17, 15) is 0 Å². The Morgan fingerprint density at radius 2 is 2.35 bits per heavy atom. The molecule has 0 atom stereocenters. The lowest BCUT2D eigenvalue weighted by Crippen LogP contribution is -2.04. The average molecular weight is 248 g/mol. The van der Waals surface area contributed by atoms with E-state index in [2.05, 4.69) is 31.8 Å². The minimum Gasteiger partial charge on any atom is -0.340 e. The van der Waals surface area contributed by atoms with E-state index in [0.29, 0.717) is 23.2 Å². The van der Waals surface area contributed by atoms with Crippen molar-refractivity contribution in [2.45, 2.75) is 18.5 Å². The highest BCUT2D eigenvalue weighted by molar-refractivity contribution is 7.98. The average Bonchev–Trinajstić information content (AvgIpc) is 2.76. The molecule has 89 valence electrons. The van der Waals surface area contributed by atoms with Gasteiger partial charge in [-0.3, -0.25) is 5.32 Å². The molecule has 0 bridgehead atoms. The molecule has 0 saturated carbocycles. The summed E-state index contributed by atoms with van der Waals surface area (Å²) in [5, 5.41) is 5.15. The van der Waals surface area contributed by atoms with Crippen LogP contribution in [-0.2, 0) is 0 Å². The zero-order valence-corrected chi connectivity index (χ0v) is 10.7. The minimum atomic E-state index is 0.665. The van der Waals surface area contributed by atoms with Crippen LogP contribution >= 0.6 is 11.8 Å². The summed E-state index contributed by atoms with van der Waals surface area (Å²) in [4.78, 5) is 15.8. The van der Waals surface area contributed by atoms with Gasteiger partial charge < -0.3 is 4.98 Å². The van der Waals surface area contributed by atoms with Crippen molar-refractivity contribution in [3.05, 3.63) is 18.5 Å². The van der Waals surface area contributed by atoms with Crippen LogP contribution in [0.3, 0.4) is 0 Å². The number of nitrogens with zero attached hydrogens (tertiary/aromatic N) is 4. The van der Waals surface area contributed by atoms with Gasteiger partial charge in [-0.15, -0.1) is 6.58 Å². The molecule has 5 nitrogen and oxygen atoms in total. The van der Waals surface area contributed by atoms with Gasteiger partial charge in [-0.2, -0.15) is 0 Å². The van der Waals surface area contributed by atoms with Crippen LogP contribution in [0.2, 0.25) is 0 Å². The molecule has 2 rings (SSSR count). The summed E-state index contributed by atoms with van der Waals surface area (Å²) in [5.41, 5.74) is 2.58. The Bertz CT molecular complexity index is 534. The van der Waals surface area contributed by atoms with E-state index in [4.69, 9.17) is 0 Å². The number of imidazole rings is 1. The van der Waals surface area contributed by atoms with E-state index in [0.717, 1.165) is 17.5 Å². The fourth-order valence-corrected chi connectivity index (χ4v) is 1.71. The summed E-state index contributed by atoms with van der Waals surface area (Å²) in [7, 11) is 0. The second-order valence-corrected chi connectivity index (χ2v) is 4.50. The molecule has 0 amide bonds. The van der Waals surface area contributed by atoms with Crippen LogP contribution in [-0.4, -0.2) is 32.7 Å². The van der Waals surface area contributed by atoms with E-state index >= 15 is 0 Å². The van der Waals surface area contributed by atoms with Crippen LogP contribution in [0.15, 0.2) is 23.6 Å². The summed E-state index contributed by atoms with van der Waals surface area (Å²) in [5.74, 6) is 0.679. The fraction of sp³-hybridized carbons (Fsp3) is 0.364. The number of hydrogen-bond acceptors (Lipinski definition) is 4. The van der Waals surface area contributed by atoms with Crippen LogP contribution in [0.5, 0.6) is 0 Å². The highest BCUT2D eigenvalue weighted by atomic mass is 32.2. The van der Waals surface area contributed by atoms with Crippen molar-refractivity contribution in [1.29, 1.82) is 0 Å². The first-order chi connectivity index (χ1) is 8.20. The molecule has 0 unspecified atom stereocenters. The summed E-state index contributed by atoms with van der Waals surface area (Å²) < 4.78 is 0. The van der Waals surface area contributed by atoms with Crippen molar-refractivity contribution in [1.82, 2.24) is 25.3 Å². The Hall–Kier alpha value is -1.56. The predicted octanol–water partition coefficient (Wildman–Crippen LogP) is 2.28. The number of nitrogens with one attached hydrogen (secondary N) is 1. The maximum Gasteiger partial charge on any atom is 0.191 e. The SMILES string of the molecule is C=C(C)CC[N]c1nc(SC)nc2nc[nH]c12. The predicted molar refractivity (Wildman–Crippen MR) is 69.6 cm³/mol. The highest BCUT2D eigenvalue weighted by Crippen LogP contribution is 2.20. The zero-order valence-electron chi connectivity index (χ0n) is 9.90. The molecule has 0 aromatic carbocycles. The normalized spacial score (nSPS) is 10.7. The van der Waals surface area contributed by atoms with Crippen molar-refractivity contribution in [2.24, 2.45) is 0 Å². The van der Waals surface area contributed by atoms with E-state index in [1.165, 1.54) is 11.8 Å². The molecule has 17 heavy (non-hydrogen) atoms. The summed E-state index contributed by atoms with van der Waals surface area (Å²) in [6.07, 6.45) is 4.42. The first-order valence-electron chi connectivity index (χ1n) is 5.27. The molecule has 0 aliphatic carbocycles. The maximum absolute atomic E-state index is 4.46. The first kappa shape index (κ1) is 11.9. The largest absolute Gasteiger partial charge is 0.340 e. The van der Waals surface area contributed by atoms with Crippen molar-refractivity contribution in [2.75, 3.05) is 12.8 Å². The highest BCUT2D eigenvalue weighted by Gasteiger charge is 2.09. The van der Waals surface area contributed by atoms with Gasteiger partial charge in [-0.05, 0) is 19.6 Å². The van der Waals surface area contributed by atoms with Gasteiger partial charge in [0.15, 0.2) is 16.6 Å². The quantitative estimate of drug-likeness (QED) is 0.500. The van der Waals surface area contributed by atoms with Gasteiger partial charge in [0.25, 0.3) is 0 Å². The van der Waals surface area contributed by atoms with Gasteiger partial charge in [-0.25, -0.2) is 15.0 Å². The lowest BCUT2D eigenvalue weighted by molar-refractivity contribution is 0.792. The number of aromatic amines is 1. The van der Waals surface area contributed by atoms with Crippen molar-refractivity contribution in [3.63, 3.8) is 0 Å². The monoisotopic (exact) mass is 248 g/mol. The van der Waals surface area contributed by atoms with Crippen LogP contribution < -0.4 is 5.32 Å². The Balaban J connectivity index is 2.24. The van der Waals surface area contributed by atoms with Gasteiger partial charge in [0, 0.05) is 6.54 Å². The molecule has 1 radical (unpaired) electrons. The molecular formula is C11H14N5S. The molecular weight excluding hydrogens is 234 g/mol. The minimum absolute atomic E-state index is 0.665. The summed E-state index contributed by atoms with van der Waals surface area (Å²) in [6, 6.07) is 0. The molecule has 2 heterocycles. The maximum atomic E-state index is 4.46. The molecule has 2 aromatic rings. The molecule has 0 aliphatic heterocycles. The third kappa shape index (κ3) is 2.76. The Labute approximate surface area is 104 Å². The molecule has 0 spiro atoms. The number of aromatic nitrogens is 4.